The average molecular weight is 380 g/mol. The highest BCUT2D eigenvalue weighted by molar-refractivity contribution is 5.93. The SMILES string of the molecule is CCOc1ccc(OCC)c(NC(N)=NCc2ncc(-c3ccccc3)o2)c1. The van der Waals surface area contributed by atoms with Crippen molar-refractivity contribution in [1.29, 1.82) is 0 Å². The van der Waals surface area contributed by atoms with E-state index < -0.39 is 0 Å². The van der Waals surface area contributed by atoms with Gasteiger partial charge in [-0.1, -0.05) is 30.3 Å². The number of nitrogens with zero attached hydrogens (tertiary/aromatic N) is 2. The summed E-state index contributed by atoms with van der Waals surface area (Å²) in [5, 5.41) is 3.06. The molecule has 146 valence electrons. The maximum absolute atomic E-state index is 6.03. The number of nitrogens with one attached hydrogen (secondary N) is 1. The first-order valence-corrected chi connectivity index (χ1v) is 9.16. The number of aromatic nitrogens is 1. The molecule has 3 aromatic rings. The summed E-state index contributed by atoms with van der Waals surface area (Å²) < 4.78 is 16.9. The summed E-state index contributed by atoms with van der Waals surface area (Å²) in [5.41, 5.74) is 7.68. The zero-order valence-corrected chi connectivity index (χ0v) is 16.0. The van der Waals surface area contributed by atoms with E-state index in [2.05, 4.69) is 15.3 Å². The lowest BCUT2D eigenvalue weighted by Gasteiger charge is -2.13. The molecule has 0 saturated carbocycles. The third kappa shape index (κ3) is 5.03. The molecule has 2 aromatic carbocycles. The van der Waals surface area contributed by atoms with Crippen molar-refractivity contribution in [3.05, 3.63) is 60.6 Å². The van der Waals surface area contributed by atoms with Crippen LogP contribution in [-0.4, -0.2) is 24.2 Å². The second-order valence-electron chi connectivity index (χ2n) is 5.83. The Balaban J connectivity index is 1.69. The fraction of sp³-hybridized carbons (Fsp3) is 0.238. The Kier molecular flexibility index (Phi) is 6.51. The molecule has 0 aliphatic carbocycles. The minimum absolute atomic E-state index is 0.223. The van der Waals surface area contributed by atoms with Crippen LogP contribution in [0, 0.1) is 0 Å². The topological polar surface area (TPSA) is 94.9 Å². The van der Waals surface area contributed by atoms with Gasteiger partial charge in [0.1, 0.15) is 18.0 Å². The number of nitrogens with two attached hydrogens (primary N) is 1. The lowest BCUT2D eigenvalue weighted by atomic mass is 10.2. The molecule has 0 aliphatic heterocycles. The van der Waals surface area contributed by atoms with Gasteiger partial charge in [-0.15, -0.1) is 0 Å². The van der Waals surface area contributed by atoms with Crippen LogP contribution in [0.1, 0.15) is 19.7 Å². The van der Waals surface area contributed by atoms with Crippen LogP contribution < -0.4 is 20.5 Å². The van der Waals surface area contributed by atoms with E-state index in [-0.39, 0.29) is 12.5 Å². The van der Waals surface area contributed by atoms with Crippen LogP contribution in [0.4, 0.5) is 5.69 Å². The molecule has 7 heteroatoms. The quantitative estimate of drug-likeness (QED) is 0.452. The Bertz CT molecular complexity index is 922. The summed E-state index contributed by atoms with van der Waals surface area (Å²) in [6, 6.07) is 15.3. The molecule has 1 heterocycles. The number of guanidine groups is 1. The van der Waals surface area contributed by atoms with Crippen molar-refractivity contribution in [3.63, 3.8) is 0 Å². The van der Waals surface area contributed by atoms with Crippen LogP contribution in [0.2, 0.25) is 0 Å². The molecule has 0 amide bonds. The number of hydrogen-bond donors (Lipinski definition) is 2. The van der Waals surface area contributed by atoms with Crippen molar-refractivity contribution in [3.8, 4) is 22.8 Å². The first kappa shape index (κ1) is 19.3. The maximum atomic E-state index is 6.03. The number of hydrogen-bond acceptors (Lipinski definition) is 5. The number of rotatable bonds is 8. The van der Waals surface area contributed by atoms with Gasteiger partial charge in [0.05, 0.1) is 25.1 Å². The highest BCUT2D eigenvalue weighted by Gasteiger charge is 2.09. The number of aliphatic imine (C=N–C) groups is 1. The standard InChI is InChI=1S/C21H24N4O3/c1-3-26-16-10-11-18(27-4-2)17(12-16)25-21(22)24-14-20-23-13-19(28-20)15-8-6-5-7-9-15/h5-13H,3-4,14H2,1-2H3,(H3,22,24,25). The summed E-state index contributed by atoms with van der Waals surface area (Å²) >= 11 is 0. The van der Waals surface area contributed by atoms with E-state index in [1.165, 1.54) is 0 Å². The molecule has 0 fully saturated rings. The lowest BCUT2D eigenvalue weighted by Crippen LogP contribution is -2.23. The number of benzene rings is 2. The van der Waals surface area contributed by atoms with Crippen LogP contribution in [-0.2, 0) is 6.54 Å². The fourth-order valence-corrected chi connectivity index (χ4v) is 2.59. The molecule has 3 rings (SSSR count). The predicted molar refractivity (Wildman–Crippen MR) is 110 cm³/mol. The Labute approximate surface area is 164 Å². The highest BCUT2D eigenvalue weighted by atomic mass is 16.5. The van der Waals surface area contributed by atoms with Crippen molar-refractivity contribution in [1.82, 2.24) is 4.98 Å². The van der Waals surface area contributed by atoms with Gasteiger partial charge in [-0.2, -0.15) is 0 Å². The smallest absolute Gasteiger partial charge is 0.216 e. The zero-order valence-electron chi connectivity index (χ0n) is 16.0. The fourth-order valence-electron chi connectivity index (χ4n) is 2.59. The van der Waals surface area contributed by atoms with Gasteiger partial charge in [0.15, 0.2) is 11.7 Å². The van der Waals surface area contributed by atoms with Crippen molar-refractivity contribution in [2.45, 2.75) is 20.4 Å². The molecular weight excluding hydrogens is 356 g/mol. The first-order valence-electron chi connectivity index (χ1n) is 9.16. The van der Waals surface area contributed by atoms with E-state index in [1.54, 1.807) is 6.20 Å². The van der Waals surface area contributed by atoms with Gasteiger partial charge in [-0.05, 0) is 26.0 Å². The molecule has 0 saturated heterocycles. The number of anilines is 1. The highest BCUT2D eigenvalue weighted by Crippen LogP contribution is 2.29. The molecular formula is C21H24N4O3. The van der Waals surface area contributed by atoms with E-state index in [4.69, 9.17) is 19.6 Å². The molecule has 0 aliphatic rings. The Morgan fingerprint density at radius 2 is 1.89 bits per heavy atom. The molecule has 0 bridgehead atoms. The molecule has 7 nitrogen and oxygen atoms in total. The summed E-state index contributed by atoms with van der Waals surface area (Å²) in [7, 11) is 0. The van der Waals surface area contributed by atoms with E-state index in [0.717, 1.165) is 11.3 Å². The number of oxazole rings is 1. The monoisotopic (exact) mass is 380 g/mol. The summed E-state index contributed by atoms with van der Waals surface area (Å²) in [6.45, 7) is 5.19. The Morgan fingerprint density at radius 3 is 2.64 bits per heavy atom. The average Bonchev–Trinajstić information content (AvgIpc) is 3.19. The van der Waals surface area contributed by atoms with E-state index in [0.29, 0.717) is 36.3 Å². The van der Waals surface area contributed by atoms with Gasteiger partial charge in [0, 0.05) is 11.6 Å². The zero-order chi connectivity index (χ0) is 19.8. The summed E-state index contributed by atoms with van der Waals surface area (Å²) in [6.07, 6.45) is 1.68. The van der Waals surface area contributed by atoms with Gasteiger partial charge >= 0.3 is 0 Å². The van der Waals surface area contributed by atoms with Crippen molar-refractivity contribution in [2.24, 2.45) is 10.7 Å². The molecule has 0 radical (unpaired) electrons. The molecule has 28 heavy (non-hydrogen) atoms. The van der Waals surface area contributed by atoms with Crippen LogP contribution in [0.5, 0.6) is 11.5 Å². The third-order valence-corrected chi connectivity index (χ3v) is 3.82. The van der Waals surface area contributed by atoms with E-state index in [1.807, 2.05) is 62.4 Å². The second kappa shape index (κ2) is 9.45. The Hall–Kier alpha value is -3.48. The lowest BCUT2D eigenvalue weighted by molar-refractivity contribution is 0.332. The van der Waals surface area contributed by atoms with Crippen LogP contribution in [0.25, 0.3) is 11.3 Å². The van der Waals surface area contributed by atoms with Crippen molar-refractivity contribution >= 4 is 11.6 Å². The molecule has 0 spiro atoms. The third-order valence-electron chi connectivity index (χ3n) is 3.82. The van der Waals surface area contributed by atoms with Gasteiger partial charge in [-0.3, -0.25) is 0 Å². The van der Waals surface area contributed by atoms with Crippen LogP contribution in [0.3, 0.4) is 0 Å². The van der Waals surface area contributed by atoms with Gasteiger partial charge < -0.3 is 24.9 Å². The normalized spacial score (nSPS) is 11.3. The van der Waals surface area contributed by atoms with Gasteiger partial charge in [0.25, 0.3) is 0 Å². The molecule has 1 aromatic heterocycles. The van der Waals surface area contributed by atoms with Crippen molar-refractivity contribution in [2.75, 3.05) is 18.5 Å². The Morgan fingerprint density at radius 1 is 1.11 bits per heavy atom. The van der Waals surface area contributed by atoms with E-state index in [9.17, 15) is 0 Å². The molecule has 3 N–H and O–H groups in total. The summed E-state index contributed by atoms with van der Waals surface area (Å²) in [5.74, 6) is 2.80. The number of ether oxygens (including phenoxy) is 2. The van der Waals surface area contributed by atoms with Gasteiger partial charge in [0.2, 0.25) is 5.89 Å². The minimum atomic E-state index is 0.223. The first-order chi connectivity index (χ1) is 13.7. The predicted octanol–water partition coefficient (Wildman–Crippen LogP) is 4.07. The van der Waals surface area contributed by atoms with Gasteiger partial charge in [-0.25, -0.2) is 9.98 Å². The minimum Gasteiger partial charge on any atom is -0.494 e. The summed E-state index contributed by atoms with van der Waals surface area (Å²) in [4.78, 5) is 8.56. The molecule has 0 unspecified atom stereocenters. The van der Waals surface area contributed by atoms with Crippen molar-refractivity contribution < 1.29 is 13.9 Å². The maximum Gasteiger partial charge on any atom is 0.216 e. The van der Waals surface area contributed by atoms with E-state index >= 15 is 0 Å². The molecule has 0 atom stereocenters. The van der Waals surface area contributed by atoms with Crippen LogP contribution >= 0.6 is 0 Å². The second-order valence-corrected chi connectivity index (χ2v) is 5.83. The van der Waals surface area contributed by atoms with Crippen LogP contribution in [0.15, 0.2) is 64.1 Å². The largest absolute Gasteiger partial charge is 0.494 e.